The van der Waals surface area contributed by atoms with Crippen molar-refractivity contribution in [3.05, 3.63) is 40.6 Å². The third-order valence-electron chi connectivity index (χ3n) is 7.05. The van der Waals surface area contributed by atoms with Gasteiger partial charge in [0.05, 0.1) is 18.7 Å². The molecule has 1 atom stereocenters. The Labute approximate surface area is 190 Å². The highest BCUT2D eigenvalue weighted by Crippen LogP contribution is 2.43. The summed E-state index contributed by atoms with van der Waals surface area (Å²) in [5, 5.41) is 7.73. The van der Waals surface area contributed by atoms with Gasteiger partial charge >= 0.3 is 0 Å². The van der Waals surface area contributed by atoms with Crippen LogP contribution in [-0.2, 0) is 14.9 Å². The maximum Gasteiger partial charge on any atom is 0.269 e. The van der Waals surface area contributed by atoms with Gasteiger partial charge in [-0.3, -0.25) is 4.79 Å². The number of carbonyl (C=O) groups excluding carboxylic acids is 1. The van der Waals surface area contributed by atoms with Gasteiger partial charge in [0.25, 0.3) is 5.91 Å². The summed E-state index contributed by atoms with van der Waals surface area (Å²) in [6, 6.07) is 6.67. The maximum absolute atomic E-state index is 13.1. The molecule has 1 spiro atoms. The van der Waals surface area contributed by atoms with Crippen LogP contribution in [0.2, 0.25) is 0 Å². The van der Waals surface area contributed by atoms with Crippen molar-refractivity contribution in [2.45, 2.75) is 76.5 Å². The van der Waals surface area contributed by atoms with Gasteiger partial charge in [-0.05, 0) is 59.9 Å². The molecule has 3 fully saturated rings. The molecular formula is C26H35N3O3. The molecule has 2 saturated heterocycles. The third-order valence-corrected chi connectivity index (χ3v) is 7.05. The van der Waals surface area contributed by atoms with E-state index >= 15 is 0 Å². The van der Waals surface area contributed by atoms with Crippen LogP contribution in [0.4, 0.5) is 0 Å². The molecule has 5 rings (SSSR count). The van der Waals surface area contributed by atoms with Crippen molar-refractivity contribution in [1.29, 1.82) is 0 Å². The highest BCUT2D eigenvalue weighted by molar-refractivity contribution is 5.97. The van der Waals surface area contributed by atoms with Gasteiger partial charge < -0.3 is 20.1 Å². The highest BCUT2D eigenvalue weighted by atomic mass is 16.7. The number of nitrogens with one attached hydrogen (secondary N) is 2. The van der Waals surface area contributed by atoms with E-state index in [4.69, 9.17) is 14.5 Å². The number of hydrogen-bond acceptors (Lipinski definition) is 5. The fourth-order valence-corrected chi connectivity index (χ4v) is 5.08. The normalized spacial score (nSPS) is 23.1. The molecule has 172 valence electrons. The second kappa shape index (κ2) is 8.08. The predicted octanol–water partition coefficient (Wildman–Crippen LogP) is 3.94. The minimum Gasteiger partial charge on any atom is -0.349 e. The summed E-state index contributed by atoms with van der Waals surface area (Å²) in [6.07, 6.45) is 4.14. The fourth-order valence-electron chi connectivity index (χ4n) is 5.08. The summed E-state index contributed by atoms with van der Waals surface area (Å²) in [6.45, 7) is 11.4. The summed E-state index contributed by atoms with van der Waals surface area (Å²) in [7, 11) is 0. The van der Waals surface area contributed by atoms with Crippen molar-refractivity contribution >= 4 is 16.8 Å². The number of amides is 1. The number of fused-ring (bicyclic) bond motifs is 1. The average Bonchev–Trinajstić information content (AvgIpc) is 3.52. The summed E-state index contributed by atoms with van der Waals surface area (Å²) >= 11 is 0. The van der Waals surface area contributed by atoms with E-state index in [1.807, 2.05) is 6.07 Å². The van der Waals surface area contributed by atoms with E-state index in [9.17, 15) is 4.79 Å². The van der Waals surface area contributed by atoms with Crippen molar-refractivity contribution in [1.82, 2.24) is 15.6 Å². The van der Waals surface area contributed by atoms with E-state index in [0.29, 0.717) is 31.4 Å². The standard InChI is InChI=1S/C26H35N3O3/c1-16-11-22(24(30)28-15-19-14-26(7-8-27-19)31-9-10-32-26)29-23-20(16)12-18(17-5-6-17)13-21(23)25(2,3)4/h11-13,17,19,27H,5-10,14-15H2,1-4H3,(H,28,30)/t19-/m0/s1. The zero-order valence-electron chi connectivity index (χ0n) is 19.7. The lowest BCUT2D eigenvalue weighted by Crippen LogP contribution is -2.52. The third kappa shape index (κ3) is 4.28. The minimum atomic E-state index is -0.473. The number of ether oxygens (including phenoxy) is 2. The molecule has 1 amide bonds. The summed E-state index contributed by atoms with van der Waals surface area (Å²) in [5.74, 6) is 0.0806. The number of aryl methyl sites for hydroxylation is 1. The van der Waals surface area contributed by atoms with Crippen LogP contribution in [0.15, 0.2) is 18.2 Å². The maximum atomic E-state index is 13.1. The molecule has 1 saturated carbocycles. The first kappa shape index (κ1) is 21.8. The van der Waals surface area contributed by atoms with E-state index in [1.165, 1.54) is 29.4 Å². The molecule has 2 N–H and O–H groups in total. The van der Waals surface area contributed by atoms with Gasteiger partial charge in [0.2, 0.25) is 0 Å². The topological polar surface area (TPSA) is 72.5 Å². The van der Waals surface area contributed by atoms with Crippen LogP contribution in [0.5, 0.6) is 0 Å². The van der Waals surface area contributed by atoms with Crippen molar-refractivity contribution in [2.24, 2.45) is 0 Å². The molecule has 6 nitrogen and oxygen atoms in total. The second-order valence-corrected chi connectivity index (χ2v) is 10.7. The number of aromatic nitrogens is 1. The van der Waals surface area contributed by atoms with E-state index < -0.39 is 5.79 Å². The number of carbonyl (C=O) groups is 1. The molecule has 1 aromatic heterocycles. The molecule has 0 radical (unpaired) electrons. The molecule has 2 aromatic rings. The van der Waals surface area contributed by atoms with Gasteiger partial charge in [-0.25, -0.2) is 4.98 Å². The average molecular weight is 438 g/mol. The van der Waals surface area contributed by atoms with Crippen molar-refractivity contribution in [2.75, 3.05) is 26.3 Å². The molecule has 32 heavy (non-hydrogen) atoms. The molecule has 3 heterocycles. The number of hydrogen-bond donors (Lipinski definition) is 2. The Bertz CT molecular complexity index is 1030. The molecule has 1 aliphatic carbocycles. The molecule has 0 unspecified atom stereocenters. The van der Waals surface area contributed by atoms with Gasteiger partial charge in [0, 0.05) is 37.4 Å². The molecule has 2 aliphatic heterocycles. The minimum absolute atomic E-state index is 0.0424. The number of piperidine rings is 1. The highest BCUT2D eigenvalue weighted by Gasteiger charge is 2.41. The summed E-state index contributed by atoms with van der Waals surface area (Å²) < 4.78 is 11.7. The summed E-state index contributed by atoms with van der Waals surface area (Å²) in [4.78, 5) is 18.0. The zero-order chi connectivity index (χ0) is 22.5. The number of rotatable bonds is 4. The zero-order valence-corrected chi connectivity index (χ0v) is 19.7. The first-order chi connectivity index (χ1) is 15.2. The Kier molecular flexibility index (Phi) is 5.51. The van der Waals surface area contributed by atoms with Gasteiger partial charge in [0.1, 0.15) is 5.69 Å². The number of nitrogens with zero attached hydrogens (tertiary/aromatic N) is 1. The first-order valence-corrected chi connectivity index (χ1v) is 12.0. The van der Waals surface area contributed by atoms with Crippen molar-refractivity contribution in [3.8, 4) is 0 Å². The van der Waals surface area contributed by atoms with Crippen LogP contribution < -0.4 is 10.6 Å². The Morgan fingerprint density at radius 2 is 1.97 bits per heavy atom. The Morgan fingerprint density at radius 3 is 2.66 bits per heavy atom. The van der Waals surface area contributed by atoms with E-state index in [2.05, 4.69) is 50.5 Å². The molecule has 0 bridgehead atoms. The van der Waals surface area contributed by atoms with Crippen LogP contribution in [0.1, 0.15) is 79.6 Å². The van der Waals surface area contributed by atoms with Crippen LogP contribution >= 0.6 is 0 Å². The smallest absolute Gasteiger partial charge is 0.269 e. The van der Waals surface area contributed by atoms with Crippen LogP contribution in [0, 0.1) is 6.92 Å². The van der Waals surface area contributed by atoms with E-state index in [0.717, 1.165) is 30.5 Å². The second-order valence-electron chi connectivity index (χ2n) is 10.7. The van der Waals surface area contributed by atoms with Crippen molar-refractivity contribution < 1.29 is 14.3 Å². The van der Waals surface area contributed by atoms with Crippen LogP contribution in [-0.4, -0.2) is 49.0 Å². The van der Waals surface area contributed by atoms with Crippen LogP contribution in [0.25, 0.3) is 10.9 Å². The van der Waals surface area contributed by atoms with Crippen molar-refractivity contribution in [3.63, 3.8) is 0 Å². The van der Waals surface area contributed by atoms with Gasteiger partial charge in [-0.2, -0.15) is 0 Å². The monoisotopic (exact) mass is 437 g/mol. The van der Waals surface area contributed by atoms with E-state index in [-0.39, 0.29) is 17.4 Å². The lowest BCUT2D eigenvalue weighted by molar-refractivity contribution is -0.179. The number of benzene rings is 1. The van der Waals surface area contributed by atoms with Gasteiger partial charge in [-0.15, -0.1) is 0 Å². The van der Waals surface area contributed by atoms with Gasteiger partial charge in [0.15, 0.2) is 5.79 Å². The van der Waals surface area contributed by atoms with E-state index in [1.54, 1.807) is 0 Å². The fraction of sp³-hybridized carbons (Fsp3) is 0.615. The van der Waals surface area contributed by atoms with Crippen LogP contribution in [0.3, 0.4) is 0 Å². The number of pyridine rings is 1. The van der Waals surface area contributed by atoms with Gasteiger partial charge in [-0.1, -0.05) is 26.8 Å². The lowest BCUT2D eigenvalue weighted by Gasteiger charge is -2.37. The Balaban J connectivity index is 1.38. The molecule has 3 aliphatic rings. The summed E-state index contributed by atoms with van der Waals surface area (Å²) in [5.41, 5.74) is 5.14. The molecule has 1 aromatic carbocycles. The lowest BCUT2D eigenvalue weighted by atomic mass is 9.83. The quantitative estimate of drug-likeness (QED) is 0.758. The largest absolute Gasteiger partial charge is 0.349 e. The SMILES string of the molecule is Cc1cc(C(=O)NC[C@@H]2CC3(CCN2)OCCO3)nc2c(C(C)(C)C)cc(C3CC3)cc12. The molecular weight excluding hydrogens is 402 g/mol. The predicted molar refractivity (Wildman–Crippen MR) is 125 cm³/mol. The Hall–Kier alpha value is -2.02. The Morgan fingerprint density at radius 1 is 1.22 bits per heavy atom. The molecule has 6 heteroatoms. The first-order valence-electron chi connectivity index (χ1n) is 12.0.